The van der Waals surface area contributed by atoms with Crippen molar-refractivity contribution in [3.8, 4) is 0 Å². The van der Waals surface area contributed by atoms with E-state index in [1.807, 2.05) is 13.1 Å². The molecule has 0 aliphatic carbocycles. The summed E-state index contributed by atoms with van der Waals surface area (Å²) >= 11 is 0. The van der Waals surface area contributed by atoms with Gasteiger partial charge in [-0.25, -0.2) is 9.97 Å². The lowest BCUT2D eigenvalue weighted by Crippen LogP contribution is -2.05. The fraction of sp³-hybridized carbons (Fsp3) is 0.500. The highest BCUT2D eigenvalue weighted by Crippen LogP contribution is 2.03. The van der Waals surface area contributed by atoms with E-state index < -0.39 is 0 Å². The molecule has 0 fully saturated rings. The fourth-order valence-electron chi connectivity index (χ4n) is 0.986. The van der Waals surface area contributed by atoms with Crippen LogP contribution < -0.4 is 5.73 Å². The molecule has 0 bridgehead atoms. The Morgan fingerprint density at radius 2 is 2.27 bits per heavy atom. The van der Waals surface area contributed by atoms with Crippen molar-refractivity contribution in [1.82, 2.24) is 9.97 Å². The molecule has 1 aromatic rings. The summed E-state index contributed by atoms with van der Waals surface area (Å²) in [5, 5.41) is 0. The van der Waals surface area contributed by atoms with Gasteiger partial charge in [0.2, 0.25) is 0 Å². The molecule has 0 radical (unpaired) electrons. The first-order valence-corrected chi connectivity index (χ1v) is 3.79. The first-order valence-electron chi connectivity index (χ1n) is 3.79. The van der Waals surface area contributed by atoms with Crippen molar-refractivity contribution in [2.24, 2.45) is 5.73 Å². The normalized spacial score (nSPS) is 10.1. The highest BCUT2D eigenvalue weighted by Gasteiger charge is 1.98. The summed E-state index contributed by atoms with van der Waals surface area (Å²) in [6.07, 6.45) is 2.83. The molecule has 0 atom stereocenters. The Morgan fingerprint density at radius 3 is 2.73 bits per heavy atom. The predicted octanol–water partition coefficient (Wildman–Crippen LogP) is 0.806. The molecule has 0 aromatic carbocycles. The van der Waals surface area contributed by atoms with Gasteiger partial charge >= 0.3 is 0 Å². The van der Waals surface area contributed by atoms with Gasteiger partial charge in [-0.2, -0.15) is 0 Å². The van der Waals surface area contributed by atoms with Crippen molar-refractivity contribution in [1.29, 1.82) is 0 Å². The van der Waals surface area contributed by atoms with Crippen LogP contribution in [0.4, 0.5) is 0 Å². The Kier molecular flexibility index (Phi) is 2.54. The monoisotopic (exact) mass is 151 g/mol. The van der Waals surface area contributed by atoms with Crippen molar-refractivity contribution < 1.29 is 0 Å². The second kappa shape index (κ2) is 3.44. The van der Waals surface area contributed by atoms with E-state index in [9.17, 15) is 0 Å². The lowest BCUT2D eigenvalue weighted by Gasteiger charge is -2.01. The van der Waals surface area contributed by atoms with Crippen molar-refractivity contribution in [3.05, 3.63) is 23.3 Å². The molecule has 1 rings (SSSR count). The SMILES string of the molecule is CCc1cnc(CN)nc1C. The van der Waals surface area contributed by atoms with Crippen molar-refractivity contribution in [2.75, 3.05) is 0 Å². The van der Waals surface area contributed by atoms with Crippen LogP contribution >= 0.6 is 0 Å². The van der Waals surface area contributed by atoms with Gasteiger partial charge in [0, 0.05) is 11.9 Å². The summed E-state index contributed by atoms with van der Waals surface area (Å²) in [5.41, 5.74) is 7.63. The maximum atomic E-state index is 5.39. The standard InChI is InChI=1S/C8H13N3/c1-3-7-5-10-8(4-9)11-6(7)2/h5H,3-4,9H2,1-2H3. The van der Waals surface area contributed by atoms with Crippen molar-refractivity contribution >= 4 is 0 Å². The van der Waals surface area contributed by atoms with Crippen LogP contribution in [0.2, 0.25) is 0 Å². The van der Waals surface area contributed by atoms with Gasteiger partial charge < -0.3 is 5.73 Å². The van der Waals surface area contributed by atoms with Crippen LogP contribution in [0.1, 0.15) is 24.0 Å². The van der Waals surface area contributed by atoms with Gasteiger partial charge in [0.25, 0.3) is 0 Å². The van der Waals surface area contributed by atoms with Gasteiger partial charge in [-0.3, -0.25) is 0 Å². The molecule has 0 unspecified atom stereocenters. The van der Waals surface area contributed by atoms with Gasteiger partial charge in [0.15, 0.2) is 0 Å². The summed E-state index contributed by atoms with van der Waals surface area (Å²) in [6, 6.07) is 0. The van der Waals surface area contributed by atoms with E-state index in [-0.39, 0.29) is 0 Å². The van der Waals surface area contributed by atoms with Crippen LogP contribution in [-0.2, 0) is 13.0 Å². The molecule has 11 heavy (non-hydrogen) atoms. The zero-order chi connectivity index (χ0) is 8.27. The molecule has 1 aromatic heterocycles. The highest BCUT2D eigenvalue weighted by molar-refractivity contribution is 5.15. The van der Waals surface area contributed by atoms with Crippen molar-refractivity contribution in [2.45, 2.75) is 26.8 Å². The average Bonchev–Trinajstić information content (AvgIpc) is 2.04. The number of nitrogens with two attached hydrogens (primary N) is 1. The summed E-state index contributed by atoms with van der Waals surface area (Å²) in [5.74, 6) is 0.722. The minimum Gasteiger partial charge on any atom is -0.324 e. The zero-order valence-corrected chi connectivity index (χ0v) is 6.96. The van der Waals surface area contributed by atoms with E-state index in [0.29, 0.717) is 6.54 Å². The van der Waals surface area contributed by atoms with Gasteiger partial charge in [0.05, 0.1) is 6.54 Å². The zero-order valence-electron chi connectivity index (χ0n) is 6.96. The Morgan fingerprint density at radius 1 is 1.55 bits per heavy atom. The third-order valence-corrected chi connectivity index (χ3v) is 1.69. The summed E-state index contributed by atoms with van der Waals surface area (Å²) in [6.45, 7) is 4.50. The van der Waals surface area contributed by atoms with Crippen LogP contribution in [0.3, 0.4) is 0 Å². The van der Waals surface area contributed by atoms with Crippen LogP contribution in [-0.4, -0.2) is 9.97 Å². The Bertz CT molecular complexity index is 245. The quantitative estimate of drug-likeness (QED) is 0.680. The predicted molar refractivity (Wildman–Crippen MR) is 44.0 cm³/mol. The van der Waals surface area contributed by atoms with E-state index in [4.69, 9.17) is 5.73 Å². The van der Waals surface area contributed by atoms with Gasteiger partial charge in [-0.1, -0.05) is 6.92 Å². The van der Waals surface area contributed by atoms with Crippen LogP contribution in [0, 0.1) is 6.92 Å². The van der Waals surface area contributed by atoms with E-state index in [0.717, 1.165) is 17.9 Å². The average molecular weight is 151 g/mol. The molecule has 0 amide bonds. The van der Waals surface area contributed by atoms with Gasteiger partial charge in [-0.05, 0) is 18.9 Å². The lowest BCUT2D eigenvalue weighted by atomic mass is 10.2. The van der Waals surface area contributed by atoms with Crippen LogP contribution in [0.25, 0.3) is 0 Å². The molecule has 0 aliphatic heterocycles. The molecule has 3 nitrogen and oxygen atoms in total. The van der Waals surface area contributed by atoms with E-state index in [1.54, 1.807) is 0 Å². The minimum absolute atomic E-state index is 0.421. The molecule has 1 heterocycles. The Hall–Kier alpha value is -0.960. The summed E-state index contributed by atoms with van der Waals surface area (Å²) in [7, 11) is 0. The number of hydrogen-bond donors (Lipinski definition) is 1. The molecule has 0 aliphatic rings. The largest absolute Gasteiger partial charge is 0.324 e. The first-order chi connectivity index (χ1) is 5.27. The molecule has 0 spiro atoms. The molecular formula is C8H13N3. The molecule has 60 valence electrons. The molecule has 3 heteroatoms. The molecule has 0 saturated carbocycles. The van der Waals surface area contributed by atoms with Gasteiger partial charge in [0.1, 0.15) is 5.82 Å². The molecule has 0 saturated heterocycles. The number of nitrogens with zero attached hydrogens (tertiary/aromatic N) is 2. The maximum Gasteiger partial charge on any atom is 0.142 e. The summed E-state index contributed by atoms with van der Waals surface area (Å²) < 4.78 is 0. The Labute approximate surface area is 66.7 Å². The van der Waals surface area contributed by atoms with Gasteiger partial charge in [-0.15, -0.1) is 0 Å². The van der Waals surface area contributed by atoms with Crippen LogP contribution in [0.5, 0.6) is 0 Å². The number of hydrogen-bond acceptors (Lipinski definition) is 3. The minimum atomic E-state index is 0.421. The fourth-order valence-corrected chi connectivity index (χ4v) is 0.986. The summed E-state index contributed by atoms with van der Waals surface area (Å²) in [4.78, 5) is 8.32. The molecule has 2 N–H and O–H groups in total. The Balaban J connectivity index is 2.99. The maximum absolute atomic E-state index is 5.39. The van der Waals surface area contributed by atoms with E-state index in [1.165, 1.54) is 5.56 Å². The lowest BCUT2D eigenvalue weighted by molar-refractivity contribution is 0.867. The number of aryl methyl sites for hydroxylation is 2. The van der Waals surface area contributed by atoms with E-state index in [2.05, 4.69) is 16.9 Å². The van der Waals surface area contributed by atoms with E-state index >= 15 is 0 Å². The van der Waals surface area contributed by atoms with Crippen molar-refractivity contribution in [3.63, 3.8) is 0 Å². The second-order valence-corrected chi connectivity index (χ2v) is 2.45. The smallest absolute Gasteiger partial charge is 0.142 e. The molecular weight excluding hydrogens is 138 g/mol. The third kappa shape index (κ3) is 1.74. The number of aromatic nitrogens is 2. The first kappa shape index (κ1) is 8.14. The van der Waals surface area contributed by atoms with Crippen LogP contribution in [0.15, 0.2) is 6.20 Å². The number of rotatable bonds is 2. The topological polar surface area (TPSA) is 51.8 Å². The second-order valence-electron chi connectivity index (χ2n) is 2.45. The third-order valence-electron chi connectivity index (χ3n) is 1.69. The highest BCUT2D eigenvalue weighted by atomic mass is 14.9.